The number of aryl methyl sites for hydroxylation is 2. The number of aromatic nitrogens is 2. The first-order valence-electron chi connectivity index (χ1n) is 10.2. The predicted molar refractivity (Wildman–Crippen MR) is 117 cm³/mol. The van der Waals surface area contributed by atoms with E-state index in [4.69, 9.17) is 0 Å². The van der Waals surface area contributed by atoms with Crippen LogP contribution < -0.4 is 11.0 Å². The molecule has 1 aromatic heterocycles. The number of nitrogens with zero attached hydrogens (tertiary/aromatic N) is 3. The summed E-state index contributed by atoms with van der Waals surface area (Å²) in [7, 11) is 3.34. The Labute approximate surface area is 175 Å². The SMILES string of the molecule is CCCn1c(=O)n(CCC(=O)N(C)Cc2ccc(C(=O)NC)cc2)c2ccccc21. The molecule has 158 valence electrons. The summed E-state index contributed by atoms with van der Waals surface area (Å²) in [5.74, 6) is -0.178. The summed E-state index contributed by atoms with van der Waals surface area (Å²) in [5, 5.41) is 2.59. The molecule has 0 fully saturated rings. The first-order chi connectivity index (χ1) is 14.5. The Bertz CT molecular complexity index is 1100. The maximum absolute atomic E-state index is 12.8. The van der Waals surface area contributed by atoms with E-state index in [1.807, 2.05) is 43.3 Å². The molecule has 0 aliphatic rings. The van der Waals surface area contributed by atoms with E-state index >= 15 is 0 Å². The van der Waals surface area contributed by atoms with Gasteiger partial charge in [-0.1, -0.05) is 31.2 Å². The largest absolute Gasteiger partial charge is 0.355 e. The lowest BCUT2D eigenvalue weighted by atomic mass is 10.1. The molecule has 0 radical (unpaired) electrons. The Kier molecular flexibility index (Phi) is 6.72. The van der Waals surface area contributed by atoms with Crippen molar-refractivity contribution in [2.75, 3.05) is 14.1 Å². The molecule has 30 heavy (non-hydrogen) atoms. The molecular formula is C23H28N4O3. The number of amides is 2. The number of imidazole rings is 1. The molecule has 1 heterocycles. The maximum Gasteiger partial charge on any atom is 0.329 e. The number of nitrogens with one attached hydrogen (secondary N) is 1. The first-order valence-corrected chi connectivity index (χ1v) is 10.2. The van der Waals surface area contributed by atoms with Crippen LogP contribution in [-0.4, -0.2) is 39.9 Å². The summed E-state index contributed by atoms with van der Waals surface area (Å²) >= 11 is 0. The van der Waals surface area contributed by atoms with Gasteiger partial charge in [0.05, 0.1) is 11.0 Å². The standard InChI is InChI=1S/C23H28N4O3/c1-4-14-26-19-7-5-6-8-20(19)27(23(26)30)15-13-21(28)25(3)16-17-9-11-18(12-10-17)22(29)24-2/h5-12H,4,13-16H2,1-3H3,(H,24,29). The summed E-state index contributed by atoms with van der Waals surface area (Å²) in [6.45, 7) is 3.48. The van der Waals surface area contributed by atoms with Crippen molar-refractivity contribution in [1.82, 2.24) is 19.4 Å². The lowest BCUT2D eigenvalue weighted by Crippen LogP contribution is -2.30. The highest BCUT2D eigenvalue weighted by molar-refractivity contribution is 5.93. The van der Waals surface area contributed by atoms with Crippen molar-refractivity contribution >= 4 is 22.8 Å². The number of rotatable bonds is 8. The van der Waals surface area contributed by atoms with Crippen LogP contribution in [0.25, 0.3) is 11.0 Å². The molecule has 0 bridgehead atoms. The average molecular weight is 409 g/mol. The van der Waals surface area contributed by atoms with Crippen molar-refractivity contribution in [1.29, 1.82) is 0 Å². The van der Waals surface area contributed by atoms with Gasteiger partial charge in [0, 0.05) is 45.7 Å². The molecule has 0 saturated carbocycles. The Morgan fingerprint density at radius 3 is 2.13 bits per heavy atom. The number of para-hydroxylation sites is 2. The van der Waals surface area contributed by atoms with E-state index in [9.17, 15) is 14.4 Å². The van der Waals surface area contributed by atoms with Gasteiger partial charge >= 0.3 is 5.69 Å². The minimum absolute atomic E-state index is 0.0374. The van der Waals surface area contributed by atoms with E-state index in [1.165, 1.54) is 0 Å². The summed E-state index contributed by atoms with van der Waals surface area (Å²) < 4.78 is 3.46. The molecule has 0 aliphatic heterocycles. The third-order valence-corrected chi connectivity index (χ3v) is 5.21. The molecule has 3 aromatic rings. The molecule has 7 heteroatoms. The highest BCUT2D eigenvalue weighted by Crippen LogP contribution is 2.14. The van der Waals surface area contributed by atoms with Gasteiger partial charge in [-0.15, -0.1) is 0 Å². The second-order valence-electron chi connectivity index (χ2n) is 7.35. The lowest BCUT2D eigenvalue weighted by molar-refractivity contribution is -0.130. The van der Waals surface area contributed by atoms with Gasteiger partial charge in [-0.2, -0.15) is 0 Å². The van der Waals surface area contributed by atoms with Crippen molar-refractivity contribution in [2.45, 2.75) is 39.4 Å². The fourth-order valence-corrected chi connectivity index (χ4v) is 3.59. The monoisotopic (exact) mass is 408 g/mol. The zero-order valence-corrected chi connectivity index (χ0v) is 17.7. The summed E-state index contributed by atoms with van der Waals surface area (Å²) in [6.07, 6.45) is 1.11. The van der Waals surface area contributed by atoms with Gasteiger partial charge in [0.15, 0.2) is 0 Å². The van der Waals surface area contributed by atoms with Crippen LogP contribution in [-0.2, 0) is 24.4 Å². The zero-order valence-electron chi connectivity index (χ0n) is 17.7. The van der Waals surface area contributed by atoms with Gasteiger partial charge in [0.2, 0.25) is 5.91 Å². The fourth-order valence-electron chi connectivity index (χ4n) is 3.59. The fraction of sp³-hybridized carbons (Fsp3) is 0.348. The molecule has 3 rings (SSSR count). The minimum Gasteiger partial charge on any atom is -0.355 e. The quantitative estimate of drug-likeness (QED) is 0.623. The summed E-state index contributed by atoms with van der Waals surface area (Å²) in [6, 6.07) is 14.9. The van der Waals surface area contributed by atoms with E-state index in [0.29, 0.717) is 25.2 Å². The number of carbonyl (C=O) groups is 2. The maximum atomic E-state index is 12.8. The normalized spacial score (nSPS) is 10.9. The van der Waals surface area contributed by atoms with Crippen molar-refractivity contribution in [3.8, 4) is 0 Å². The van der Waals surface area contributed by atoms with Crippen molar-refractivity contribution in [3.05, 3.63) is 70.1 Å². The van der Waals surface area contributed by atoms with Gasteiger partial charge in [-0.05, 0) is 36.2 Å². The van der Waals surface area contributed by atoms with Crippen molar-refractivity contribution in [3.63, 3.8) is 0 Å². The molecule has 0 spiro atoms. The van der Waals surface area contributed by atoms with E-state index < -0.39 is 0 Å². The molecule has 0 atom stereocenters. The van der Waals surface area contributed by atoms with E-state index in [0.717, 1.165) is 23.0 Å². The van der Waals surface area contributed by atoms with Crippen LogP contribution in [0, 0.1) is 0 Å². The van der Waals surface area contributed by atoms with E-state index in [2.05, 4.69) is 5.32 Å². The molecule has 0 aliphatic carbocycles. The number of carbonyl (C=O) groups excluding carboxylic acids is 2. The third-order valence-electron chi connectivity index (χ3n) is 5.21. The second kappa shape index (κ2) is 9.43. The average Bonchev–Trinajstić information content (AvgIpc) is 3.03. The highest BCUT2D eigenvalue weighted by Gasteiger charge is 2.15. The number of fused-ring (bicyclic) bond motifs is 1. The van der Waals surface area contributed by atoms with Gasteiger partial charge in [0.25, 0.3) is 5.91 Å². The van der Waals surface area contributed by atoms with E-state index in [1.54, 1.807) is 40.3 Å². The molecule has 0 unspecified atom stereocenters. The minimum atomic E-state index is -0.140. The Hall–Kier alpha value is -3.35. The molecule has 2 aromatic carbocycles. The van der Waals surface area contributed by atoms with Gasteiger partial charge in [-0.25, -0.2) is 4.79 Å². The smallest absolute Gasteiger partial charge is 0.329 e. The summed E-state index contributed by atoms with van der Waals surface area (Å²) in [5.41, 5.74) is 3.21. The molecule has 2 amide bonds. The molecule has 0 saturated heterocycles. The number of benzene rings is 2. The van der Waals surface area contributed by atoms with Crippen LogP contribution in [0.15, 0.2) is 53.3 Å². The molecular weight excluding hydrogens is 380 g/mol. The van der Waals surface area contributed by atoms with Gasteiger partial charge < -0.3 is 10.2 Å². The second-order valence-corrected chi connectivity index (χ2v) is 7.35. The molecule has 7 nitrogen and oxygen atoms in total. The highest BCUT2D eigenvalue weighted by atomic mass is 16.2. The van der Waals surface area contributed by atoms with Crippen LogP contribution in [0.4, 0.5) is 0 Å². The van der Waals surface area contributed by atoms with Crippen molar-refractivity contribution < 1.29 is 9.59 Å². The number of hydrogen-bond donors (Lipinski definition) is 1. The van der Waals surface area contributed by atoms with Crippen LogP contribution in [0.3, 0.4) is 0 Å². The van der Waals surface area contributed by atoms with Crippen LogP contribution in [0.2, 0.25) is 0 Å². The van der Waals surface area contributed by atoms with Crippen molar-refractivity contribution in [2.24, 2.45) is 0 Å². The van der Waals surface area contributed by atoms with Gasteiger partial charge in [0.1, 0.15) is 0 Å². The number of hydrogen-bond acceptors (Lipinski definition) is 3. The zero-order chi connectivity index (χ0) is 21.7. The van der Waals surface area contributed by atoms with Crippen LogP contribution >= 0.6 is 0 Å². The van der Waals surface area contributed by atoms with Crippen LogP contribution in [0.5, 0.6) is 0 Å². The first kappa shape index (κ1) is 21.4. The lowest BCUT2D eigenvalue weighted by Gasteiger charge is -2.17. The predicted octanol–water partition coefficient (Wildman–Crippen LogP) is 2.62. The third kappa shape index (κ3) is 4.45. The Morgan fingerprint density at radius 2 is 1.57 bits per heavy atom. The summed E-state index contributed by atoms with van der Waals surface area (Å²) in [4.78, 5) is 38.8. The Balaban J connectivity index is 1.67. The molecule has 1 N–H and O–H groups in total. The topological polar surface area (TPSA) is 76.3 Å². The Morgan fingerprint density at radius 1 is 0.967 bits per heavy atom. The van der Waals surface area contributed by atoms with E-state index in [-0.39, 0.29) is 23.9 Å². The van der Waals surface area contributed by atoms with Gasteiger partial charge in [-0.3, -0.25) is 18.7 Å². The van der Waals surface area contributed by atoms with Crippen LogP contribution in [0.1, 0.15) is 35.7 Å².